The molecule has 6 N–H and O–H groups in total. The molecule has 0 saturated carbocycles. The van der Waals surface area contributed by atoms with E-state index in [2.05, 4.69) is 10.6 Å². The predicted molar refractivity (Wildman–Crippen MR) is 181 cm³/mol. The van der Waals surface area contributed by atoms with Crippen LogP contribution in [0.25, 0.3) is 0 Å². The van der Waals surface area contributed by atoms with Crippen molar-refractivity contribution in [2.24, 2.45) is 11.8 Å². The Balaban J connectivity index is 1.22. The fourth-order valence-electron chi connectivity index (χ4n) is 7.22. The number of aliphatic hydroxyl groups is 2. The van der Waals surface area contributed by atoms with Crippen molar-refractivity contribution in [2.45, 2.75) is 62.1 Å². The molecule has 0 heterocycles. The number of fused-ring (bicyclic) bond motifs is 2. The first-order valence-electron chi connectivity index (χ1n) is 16.3. The summed E-state index contributed by atoms with van der Waals surface area (Å²) in [6, 6.07) is 32.5. The van der Waals surface area contributed by atoms with Crippen LogP contribution < -0.4 is 10.6 Å². The zero-order chi connectivity index (χ0) is 33.0. The molecule has 2 aliphatic rings. The van der Waals surface area contributed by atoms with Gasteiger partial charge in [0.1, 0.15) is 0 Å². The van der Waals surface area contributed by atoms with Crippen LogP contribution in [0.2, 0.25) is 12.1 Å². The Labute approximate surface area is 276 Å². The molecule has 4 aromatic rings. The first-order chi connectivity index (χ1) is 22.7. The van der Waals surface area contributed by atoms with Crippen molar-refractivity contribution < 1.29 is 29.4 Å². The lowest BCUT2D eigenvalue weighted by Gasteiger charge is -2.29. The van der Waals surface area contributed by atoms with Crippen molar-refractivity contribution in [1.29, 1.82) is 0 Å². The first kappa shape index (κ1) is 32.8. The molecule has 6 rings (SSSR count). The van der Waals surface area contributed by atoms with Crippen LogP contribution >= 0.6 is 0 Å². The van der Waals surface area contributed by atoms with Gasteiger partial charge in [-0.25, -0.2) is 0 Å². The van der Waals surface area contributed by atoms with Crippen LogP contribution in [0.3, 0.4) is 0 Å². The fourth-order valence-corrected chi connectivity index (χ4v) is 9.63. The summed E-state index contributed by atoms with van der Waals surface area (Å²) in [4.78, 5) is 51.2. The maximum absolute atomic E-state index is 13.9. The van der Waals surface area contributed by atoms with Crippen molar-refractivity contribution in [3.63, 3.8) is 0 Å². The number of benzene rings is 4. The van der Waals surface area contributed by atoms with Crippen molar-refractivity contribution in [1.82, 2.24) is 10.6 Å². The molecule has 9 heteroatoms. The third-order valence-electron chi connectivity index (χ3n) is 9.54. The number of rotatable bonds is 12. The molecule has 0 saturated heterocycles. The van der Waals surface area contributed by atoms with Gasteiger partial charge in [0, 0.05) is 36.8 Å². The second-order valence-electron chi connectivity index (χ2n) is 13.1. The first-order valence-corrected chi connectivity index (χ1v) is 18.6. The summed E-state index contributed by atoms with van der Waals surface area (Å²) in [7, 11) is -4.20. The van der Waals surface area contributed by atoms with E-state index in [4.69, 9.17) is 0 Å². The van der Waals surface area contributed by atoms with Gasteiger partial charge in [0.05, 0.1) is 24.3 Å². The van der Waals surface area contributed by atoms with Crippen molar-refractivity contribution in [3.8, 4) is 0 Å². The lowest BCUT2D eigenvalue weighted by molar-refractivity contribution is -0.126. The number of hydrogen-bond donors (Lipinski definition) is 6. The van der Waals surface area contributed by atoms with E-state index < -0.39 is 44.7 Å². The zero-order valence-corrected chi connectivity index (χ0v) is 27.2. The summed E-state index contributed by atoms with van der Waals surface area (Å²) in [6.07, 6.45) is -0.163. The third kappa shape index (κ3) is 7.89. The number of amides is 2. The molecule has 8 nitrogen and oxygen atoms in total. The monoisotopic (exact) mass is 650 g/mol. The topological polar surface area (TPSA) is 139 Å². The Morgan fingerprint density at radius 1 is 0.596 bits per heavy atom. The molecule has 0 radical (unpaired) electrons. The summed E-state index contributed by atoms with van der Waals surface area (Å²) in [5, 5.41) is 27.6. The van der Waals surface area contributed by atoms with Gasteiger partial charge in [-0.15, -0.1) is 0 Å². The number of carbonyl (C=O) groups excluding carboxylic acids is 2. The average molecular weight is 651 g/mol. The molecule has 2 amide bonds. The van der Waals surface area contributed by atoms with Crippen LogP contribution in [0, 0.1) is 11.8 Å². The highest BCUT2D eigenvalue weighted by molar-refractivity contribution is 6.65. The zero-order valence-electron chi connectivity index (χ0n) is 26.2. The standard InChI is InChI=1S/C38H42N2O6Si/c41-33-21-27-15-7-9-17-31(27)35(33)39-37(43)29(19-25-11-3-1-4-12-25)23-47(45,46)24-30(20-26-13-5-2-6-14-26)38(44)40-36-32-18-10-8-16-28(32)22-34(36)42/h1-18,29-30,33-36,41-42,45-46H,19-24H2,(H,39,43)(H,40,44)/t29-,30-,33+,34+,35-,36-/m0/s1. The minimum Gasteiger partial charge on any atom is -0.411 e. The Kier molecular flexibility index (Phi) is 10.0. The average Bonchev–Trinajstić information content (AvgIpc) is 3.55. The molecule has 0 unspecified atom stereocenters. The summed E-state index contributed by atoms with van der Waals surface area (Å²) in [5.74, 6) is -2.35. The van der Waals surface area contributed by atoms with Gasteiger partial charge in [0.25, 0.3) is 0 Å². The lowest BCUT2D eigenvalue weighted by Crippen LogP contribution is -2.47. The van der Waals surface area contributed by atoms with Gasteiger partial charge < -0.3 is 30.4 Å². The van der Waals surface area contributed by atoms with Crippen LogP contribution in [0.5, 0.6) is 0 Å². The van der Waals surface area contributed by atoms with Crippen LogP contribution in [-0.2, 0) is 35.3 Å². The van der Waals surface area contributed by atoms with Gasteiger partial charge in [-0.2, -0.15) is 0 Å². The van der Waals surface area contributed by atoms with Gasteiger partial charge in [0.15, 0.2) is 0 Å². The fraction of sp³-hybridized carbons (Fsp3) is 0.316. The maximum atomic E-state index is 13.9. The molecule has 0 fully saturated rings. The predicted octanol–water partition coefficient (Wildman–Crippen LogP) is 3.68. The number of carbonyl (C=O) groups is 2. The van der Waals surface area contributed by atoms with Crippen molar-refractivity contribution in [2.75, 3.05) is 0 Å². The van der Waals surface area contributed by atoms with Crippen molar-refractivity contribution in [3.05, 3.63) is 143 Å². The van der Waals surface area contributed by atoms with E-state index in [0.29, 0.717) is 12.8 Å². The van der Waals surface area contributed by atoms with Crippen molar-refractivity contribution >= 4 is 20.4 Å². The van der Waals surface area contributed by atoms with Gasteiger partial charge >= 0.3 is 8.56 Å². The van der Waals surface area contributed by atoms with E-state index in [-0.39, 0.29) is 36.7 Å². The Bertz CT molecular complexity index is 1560. The third-order valence-corrected chi connectivity index (χ3v) is 11.8. The normalized spacial score (nSPS) is 21.4. The quantitative estimate of drug-likeness (QED) is 0.129. The highest BCUT2D eigenvalue weighted by Crippen LogP contribution is 2.34. The minimum atomic E-state index is -4.20. The molecule has 2 aliphatic carbocycles. The van der Waals surface area contributed by atoms with Crippen LogP contribution in [-0.4, -0.2) is 52.4 Å². The molecule has 0 aliphatic heterocycles. The Morgan fingerprint density at radius 2 is 0.957 bits per heavy atom. The van der Waals surface area contributed by atoms with Crippen LogP contribution in [0.15, 0.2) is 109 Å². The van der Waals surface area contributed by atoms with E-state index in [1.807, 2.05) is 109 Å². The Morgan fingerprint density at radius 3 is 1.36 bits per heavy atom. The molecule has 4 aromatic carbocycles. The largest absolute Gasteiger partial charge is 0.411 e. The molecular formula is C38H42N2O6Si. The van der Waals surface area contributed by atoms with E-state index in [9.17, 15) is 29.4 Å². The molecule has 244 valence electrons. The highest BCUT2D eigenvalue weighted by atomic mass is 28.4. The van der Waals surface area contributed by atoms with Gasteiger partial charge in [-0.05, 0) is 46.2 Å². The minimum absolute atomic E-state index is 0.189. The molecule has 0 spiro atoms. The number of nitrogens with one attached hydrogen (secondary N) is 2. The highest BCUT2D eigenvalue weighted by Gasteiger charge is 2.42. The van der Waals surface area contributed by atoms with E-state index >= 15 is 0 Å². The van der Waals surface area contributed by atoms with E-state index in [1.54, 1.807) is 0 Å². The Hall–Kier alpha value is -4.12. The SMILES string of the molecule is O=C(N[C@H]1c2ccccc2C[C@H]1O)[C@@H](Cc1ccccc1)C[Si](O)(O)C[C@H](Cc1ccccc1)C(=O)N[C@H]1c2ccccc2C[C@H]1O. The van der Waals surface area contributed by atoms with Crippen LogP contribution in [0.4, 0.5) is 0 Å². The number of aliphatic hydroxyl groups excluding tert-OH is 2. The second kappa shape index (κ2) is 14.3. The maximum Gasteiger partial charge on any atom is 0.334 e. The smallest absolute Gasteiger partial charge is 0.334 e. The molecule has 0 bridgehead atoms. The van der Waals surface area contributed by atoms with Gasteiger partial charge in [0.2, 0.25) is 11.8 Å². The number of hydrogen-bond acceptors (Lipinski definition) is 6. The van der Waals surface area contributed by atoms with E-state index in [1.165, 1.54) is 0 Å². The van der Waals surface area contributed by atoms with E-state index in [0.717, 1.165) is 33.4 Å². The molecular weight excluding hydrogens is 609 g/mol. The molecule has 47 heavy (non-hydrogen) atoms. The summed E-state index contributed by atoms with van der Waals surface area (Å²) >= 11 is 0. The summed E-state index contributed by atoms with van der Waals surface area (Å²) in [6.45, 7) is 0. The van der Waals surface area contributed by atoms with Gasteiger partial charge in [-0.3, -0.25) is 9.59 Å². The second-order valence-corrected chi connectivity index (χ2v) is 15.9. The molecule has 6 atom stereocenters. The summed E-state index contributed by atoms with van der Waals surface area (Å²) in [5.41, 5.74) is 5.41. The van der Waals surface area contributed by atoms with Crippen LogP contribution in [0.1, 0.15) is 45.5 Å². The summed E-state index contributed by atoms with van der Waals surface area (Å²) < 4.78 is 0. The van der Waals surface area contributed by atoms with Gasteiger partial charge in [-0.1, -0.05) is 109 Å². The lowest BCUT2D eigenvalue weighted by atomic mass is 9.98. The molecule has 0 aromatic heterocycles.